The van der Waals surface area contributed by atoms with Gasteiger partial charge in [-0.3, -0.25) is 0 Å². The monoisotopic (exact) mass is 478 g/mol. The Hall–Kier alpha value is 0.913. The fourth-order valence-electron chi connectivity index (χ4n) is 3.92. The molecule has 0 nitrogen and oxygen atoms in total. The summed E-state index contributed by atoms with van der Waals surface area (Å²) in [5.41, 5.74) is 0. The summed E-state index contributed by atoms with van der Waals surface area (Å²) in [6.45, 7) is 14.5. The van der Waals surface area contributed by atoms with Gasteiger partial charge in [0.05, 0.1) is 0 Å². The second kappa shape index (κ2) is 20.6. The number of hydrogen-bond donors (Lipinski definition) is 0. The Morgan fingerprint density at radius 3 is 0.885 bits per heavy atom. The van der Waals surface area contributed by atoms with E-state index in [1.807, 2.05) is 0 Å². The van der Waals surface area contributed by atoms with Crippen LogP contribution in [0.25, 0.3) is 0 Å². The van der Waals surface area contributed by atoms with E-state index in [-0.39, 0.29) is 12.4 Å². The second-order valence-electron chi connectivity index (χ2n) is 7.81. The molecule has 0 aromatic carbocycles. The minimum absolute atomic E-state index is 0. The molecule has 0 aliphatic rings. The first-order chi connectivity index (χ1) is 12.2. The van der Waals surface area contributed by atoms with Gasteiger partial charge in [-0.1, -0.05) is 0 Å². The van der Waals surface area contributed by atoms with Crippen LogP contribution in [-0.4, -0.2) is 0 Å². The molecule has 0 bridgehead atoms. The fourth-order valence-corrected chi connectivity index (χ4v) is 12.9. The molecule has 26 heavy (non-hydrogen) atoms. The maximum absolute atomic E-state index is 2.44. The molecular formula is C24H52ClRh. The normalized spacial score (nSPS) is 15.2. The maximum Gasteiger partial charge on any atom is -0.147 e. The van der Waals surface area contributed by atoms with E-state index in [2.05, 4.69) is 41.5 Å². The van der Waals surface area contributed by atoms with Gasteiger partial charge in [0.2, 0.25) is 0 Å². The zero-order valence-corrected chi connectivity index (χ0v) is 21.5. The van der Waals surface area contributed by atoms with Crippen LogP contribution in [-0.2, 0) is 16.0 Å². The van der Waals surface area contributed by atoms with Crippen LogP contribution in [0.5, 0.6) is 0 Å². The van der Waals surface area contributed by atoms with E-state index in [9.17, 15) is 0 Å². The van der Waals surface area contributed by atoms with Gasteiger partial charge in [-0.25, -0.2) is 0 Å². The van der Waals surface area contributed by atoms with Crippen molar-refractivity contribution in [3.05, 3.63) is 0 Å². The van der Waals surface area contributed by atoms with Crippen LogP contribution in [0.1, 0.15) is 138 Å². The zero-order chi connectivity index (χ0) is 18.9. The van der Waals surface area contributed by atoms with Gasteiger partial charge in [0.25, 0.3) is 0 Å². The molecule has 0 saturated heterocycles. The van der Waals surface area contributed by atoms with Gasteiger partial charge in [0.1, 0.15) is 0 Å². The molecule has 0 radical (unpaired) electrons. The summed E-state index contributed by atoms with van der Waals surface area (Å²) < 4.78 is 3.37. The summed E-state index contributed by atoms with van der Waals surface area (Å²) in [5.74, 6) is 0. The van der Waals surface area contributed by atoms with Crippen LogP contribution in [0.3, 0.4) is 0 Å². The maximum atomic E-state index is 2.44. The standard InChI is InChI=1S/3C8H17.ClH.Rh/c3*1-3-5-7-8-6-4-2;;/h3*7H,3-6,8H2,1-2H3;1H;. The number of halogens is 1. The van der Waals surface area contributed by atoms with Crippen molar-refractivity contribution in [3.8, 4) is 0 Å². The van der Waals surface area contributed by atoms with E-state index >= 15 is 0 Å². The Bertz CT molecular complexity index is 226. The molecule has 0 rings (SSSR count). The molecule has 0 amide bonds. The Morgan fingerprint density at radius 2 is 0.692 bits per heavy atom. The fraction of sp³-hybridized carbons (Fsp3) is 1.00. The zero-order valence-electron chi connectivity index (χ0n) is 19.1. The van der Waals surface area contributed by atoms with Crippen molar-refractivity contribution < 1.29 is 16.0 Å². The van der Waals surface area contributed by atoms with E-state index in [1.165, 1.54) is 77.0 Å². The average molecular weight is 479 g/mol. The first-order valence-corrected chi connectivity index (χ1v) is 14.6. The first-order valence-electron chi connectivity index (χ1n) is 11.8. The van der Waals surface area contributed by atoms with E-state index < -0.39 is 16.0 Å². The molecule has 2 heteroatoms. The van der Waals surface area contributed by atoms with Gasteiger partial charge in [-0.05, 0) is 0 Å². The molecule has 0 spiro atoms. The third-order valence-corrected chi connectivity index (χ3v) is 12.8. The number of hydrogen-bond acceptors (Lipinski definition) is 0. The van der Waals surface area contributed by atoms with E-state index in [1.54, 1.807) is 19.3 Å². The van der Waals surface area contributed by atoms with Gasteiger partial charge in [0, 0.05) is 0 Å². The molecule has 0 aliphatic carbocycles. The van der Waals surface area contributed by atoms with Gasteiger partial charge in [-0.15, -0.1) is 12.4 Å². The molecule has 164 valence electrons. The molecular weight excluding hydrogens is 427 g/mol. The van der Waals surface area contributed by atoms with Crippen molar-refractivity contribution in [1.29, 1.82) is 0 Å². The largest absolute Gasteiger partial charge is 0.147 e. The molecule has 3 atom stereocenters. The van der Waals surface area contributed by atoms with Gasteiger partial charge < -0.3 is 0 Å². The van der Waals surface area contributed by atoms with Crippen molar-refractivity contribution in [1.82, 2.24) is 0 Å². The molecule has 0 aliphatic heterocycles. The summed E-state index contributed by atoms with van der Waals surface area (Å²) in [4.78, 5) is 0. The average Bonchev–Trinajstić information content (AvgIpc) is 2.62. The smallest absolute Gasteiger partial charge is 0.147 e. The summed E-state index contributed by atoms with van der Waals surface area (Å²) in [6, 6.07) is 0. The molecule has 0 aromatic rings. The molecule has 0 heterocycles. The predicted octanol–water partition coefficient (Wildman–Crippen LogP) is 10.4. The van der Waals surface area contributed by atoms with E-state index in [0.29, 0.717) is 0 Å². The van der Waals surface area contributed by atoms with Crippen LogP contribution < -0.4 is 0 Å². The number of rotatable bonds is 18. The SMILES string of the molecule is CCCC[CH](CCC)[Rh]([CH](CCC)CCCC)[CH](CCC)CCCC.Cl. The van der Waals surface area contributed by atoms with E-state index in [4.69, 9.17) is 0 Å². The quantitative estimate of drug-likeness (QED) is 0.172. The Balaban J connectivity index is 0. The van der Waals surface area contributed by atoms with Crippen molar-refractivity contribution >= 4 is 12.4 Å². The van der Waals surface area contributed by atoms with Crippen molar-refractivity contribution in [3.63, 3.8) is 0 Å². The van der Waals surface area contributed by atoms with Crippen LogP contribution in [0, 0.1) is 0 Å². The third-order valence-electron chi connectivity index (χ3n) is 5.28. The van der Waals surface area contributed by atoms with Crippen molar-refractivity contribution in [2.45, 2.75) is 151 Å². The molecule has 3 unspecified atom stereocenters. The summed E-state index contributed by atoms with van der Waals surface area (Å²) >= 11 is -0.616. The predicted molar refractivity (Wildman–Crippen MR) is 122 cm³/mol. The third kappa shape index (κ3) is 12.4. The van der Waals surface area contributed by atoms with Crippen molar-refractivity contribution in [2.75, 3.05) is 0 Å². The topological polar surface area (TPSA) is 0 Å². The van der Waals surface area contributed by atoms with Crippen molar-refractivity contribution in [2.24, 2.45) is 0 Å². The first kappa shape index (κ1) is 29.1. The van der Waals surface area contributed by atoms with E-state index in [0.717, 1.165) is 13.5 Å². The van der Waals surface area contributed by atoms with Gasteiger partial charge in [0.15, 0.2) is 0 Å². The molecule has 0 saturated carbocycles. The van der Waals surface area contributed by atoms with Gasteiger partial charge >= 0.3 is 167 Å². The summed E-state index contributed by atoms with van der Waals surface area (Å²) in [7, 11) is 0. The van der Waals surface area contributed by atoms with Crippen LogP contribution in [0.15, 0.2) is 0 Å². The summed E-state index contributed by atoms with van der Waals surface area (Å²) in [5, 5.41) is 0. The Kier molecular flexibility index (Phi) is 23.1. The molecule has 0 aromatic heterocycles. The Labute approximate surface area is 179 Å². The second-order valence-corrected chi connectivity index (χ2v) is 13.5. The number of unbranched alkanes of at least 4 members (excludes halogenated alkanes) is 3. The Morgan fingerprint density at radius 1 is 0.423 bits per heavy atom. The van der Waals surface area contributed by atoms with Crippen LogP contribution in [0.2, 0.25) is 13.5 Å². The molecule has 0 fully saturated rings. The van der Waals surface area contributed by atoms with Crippen LogP contribution in [0.4, 0.5) is 0 Å². The minimum atomic E-state index is -0.616. The minimum Gasteiger partial charge on any atom is -0.147 e. The van der Waals surface area contributed by atoms with Crippen LogP contribution >= 0.6 is 12.4 Å². The molecule has 0 N–H and O–H groups in total. The van der Waals surface area contributed by atoms with Gasteiger partial charge in [-0.2, -0.15) is 0 Å². The summed E-state index contributed by atoms with van der Waals surface area (Å²) in [6.07, 6.45) is 22.1.